The molecule has 33 heavy (non-hydrogen) atoms. The van der Waals surface area contributed by atoms with Crippen LogP contribution in [0.2, 0.25) is 0 Å². The third kappa shape index (κ3) is 6.89. The molecule has 0 aliphatic rings. The number of nitrogens with one attached hydrogen (secondary N) is 3. The first-order chi connectivity index (χ1) is 15.7. The standard InChI is InChI=1S/C23H20F3N3O4/c1-32-20-7-3-5-17(13-20)27-21(30)14-33-19-10-8-15(9-11-19)22(31)29-28-18-6-2-4-16(12-18)23(24,25)26/h2-13,28H,14H2,1H3,(H,27,30)(H,29,31). The Balaban J connectivity index is 1.49. The van der Waals surface area contributed by atoms with Gasteiger partial charge in [-0.25, -0.2) is 0 Å². The predicted molar refractivity (Wildman–Crippen MR) is 116 cm³/mol. The highest BCUT2D eigenvalue weighted by Gasteiger charge is 2.30. The first-order valence-corrected chi connectivity index (χ1v) is 9.65. The molecule has 0 aromatic heterocycles. The van der Waals surface area contributed by atoms with Crippen LogP contribution in [-0.4, -0.2) is 25.5 Å². The zero-order valence-corrected chi connectivity index (χ0v) is 17.4. The fraction of sp³-hybridized carbons (Fsp3) is 0.130. The number of carbonyl (C=O) groups is 2. The number of alkyl halides is 3. The molecular weight excluding hydrogens is 439 g/mol. The van der Waals surface area contributed by atoms with E-state index in [1.54, 1.807) is 24.3 Å². The van der Waals surface area contributed by atoms with E-state index in [9.17, 15) is 22.8 Å². The van der Waals surface area contributed by atoms with E-state index in [1.807, 2.05) is 0 Å². The lowest BCUT2D eigenvalue weighted by molar-refractivity contribution is -0.137. The minimum atomic E-state index is -4.48. The Labute approximate surface area is 187 Å². The van der Waals surface area contributed by atoms with Crippen LogP contribution in [0.5, 0.6) is 11.5 Å². The van der Waals surface area contributed by atoms with Crippen LogP contribution in [0.4, 0.5) is 24.5 Å². The Morgan fingerprint density at radius 3 is 2.27 bits per heavy atom. The highest BCUT2D eigenvalue weighted by Crippen LogP contribution is 2.30. The lowest BCUT2D eigenvalue weighted by Gasteiger charge is -2.12. The quantitative estimate of drug-likeness (QED) is 0.432. The van der Waals surface area contributed by atoms with Gasteiger partial charge in [-0.15, -0.1) is 0 Å². The highest BCUT2D eigenvalue weighted by molar-refractivity contribution is 5.95. The van der Waals surface area contributed by atoms with E-state index in [0.717, 1.165) is 12.1 Å². The van der Waals surface area contributed by atoms with Gasteiger partial charge in [0.05, 0.1) is 18.4 Å². The zero-order valence-electron chi connectivity index (χ0n) is 17.4. The fourth-order valence-corrected chi connectivity index (χ4v) is 2.72. The van der Waals surface area contributed by atoms with E-state index in [-0.39, 0.29) is 23.8 Å². The minimum absolute atomic E-state index is 0.0835. The van der Waals surface area contributed by atoms with E-state index in [0.29, 0.717) is 17.2 Å². The summed E-state index contributed by atoms with van der Waals surface area (Å²) in [7, 11) is 1.52. The number of methoxy groups -OCH3 is 1. The molecule has 0 atom stereocenters. The van der Waals surface area contributed by atoms with Gasteiger partial charge in [0.25, 0.3) is 11.8 Å². The number of halogens is 3. The van der Waals surface area contributed by atoms with E-state index in [4.69, 9.17) is 9.47 Å². The maximum atomic E-state index is 12.8. The maximum absolute atomic E-state index is 12.8. The second kappa shape index (κ2) is 10.4. The van der Waals surface area contributed by atoms with Gasteiger partial charge in [-0.3, -0.25) is 20.4 Å². The predicted octanol–water partition coefficient (Wildman–Crippen LogP) is 4.49. The second-order valence-corrected chi connectivity index (χ2v) is 6.75. The molecule has 0 saturated heterocycles. The highest BCUT2D eigenvalue weighted by atomic mass is 19.4. The molecule has 7 nitrogen and oxygen atoms in total. The van der Waals surface area contributed by atoms with Crippen molar-refractivity contribution in [3.05, 3.63) is 83.9 Å². The van der Waals surface area contributed by atoms with Crippen LogP contribution in [-0.2, 0) is 11.0 Å². The molecule has 172 valence electrons. The summed E-state index contributed by atoms with van der Waals surface area (Å²) in [6, 6.07) is 17.2. The lowest BCUT2D eigenvalue weighted by Crippen LogP contribution is -2.29. The van der Waals surface area contributed by atoms with Gasteiger partial charge in [0.2, 0.25) is 0 Å². The topological polar surface area (TPSA) is 88.7 Å². The third-order valence-electron chi connectivity index (χ3n) is 4.35. The van der Waals surface area contributed by atoms with E-state index < -0.39 is 17.6 Å². The third-order valence-corrected chi connectivity index (χ3v) is 4.35. The van der Waals surface area contributed by atoms with E-state index in [1.165, 1.54) is 43.5 Å². The smallest absolute Gasteiger partial charge is 0.416 e. The summed E-state index contributed by atoms with van der Waals surface area (Å²) in [5.74, 6) is 0.0217. The second-order valence-electron chi connectivity index (χ2n) is 6.75. The molecule has 0 unspecified atom stereocenters. The van der Waals surface area contributed by atoms with Gasteiger partial charge < -0.3 is 14.8 Å². The Morgan fingerprint density at radius 2 is 1.58 bits per heavy atom. The SMILES string of the molecule is COc1cccc(NC(=O)COc2ccc(C(=O)NNc3cccc(C(F)(F)F)c3)cc2)c1. The summed E-state index contributed by atoms with van der Waals surface area (Å²) in [5.41, 5.74) is 4.82. The van der Waals surface area contributed by atoms with E-state index in [2.05, 4.69) is 16.2 Å². The summed E-state index contributed by atoms with van der Waals surface area (Å²) in [6.07, 6.45) is -4.48. The number of rotatable bonds is 8. The van der Waals surface area contributed by atoms with Crippen molar-refractivity contribution in [2.75, 3.05) is 24.5 Å². The molecule has 0 saturated carbocycles. The van der Waals surface area contributed by atoms with Crippen LogP contribution >= 0.6 is 0 Å². The maximum Gasteiger partial charge on any atom is 0.416 e. The Kier molecular flexibility index (Phi) is 7.39. The summed E-state index contributed by atoms with van der Waals surface area (Å²) < 4.78 is 48.8. The van der Waals surface area contributed by atoms with Crippen LogP contribution in [0.25, 0.3) is 0 Å². The van der Waals surface area contributed by atoms with Gasteiger partial charge >= 0.3 is 6.18 Å². The molecule has 3 aromatic carbocycles. The summed E-state index contributed by atoms with van der Waals surface area (Å²) in [5, 5.41) is 2.68. The van der Waals surface area contributed by atoms with Crippen molar-refractivity contribution in [3.8, 4) is 11.5 Å². The Morgan fingerprint density at radius 1 is 0.879 bits per heavy atom. The number of hydrogen-bond donors (Lipinski definition) is 3. The first kappa shape index (κ1) is 23.5. The van der Waals surface area contributed by atoms with Crippen molar-refractivity contribution in [2.45, 2.75) is 6.18 Å². The Bertz CT molecular complexity index is 1120. The molecule has 3 aromatic rings. The number of amides is 2. The fourth-order valence-electron chi connectivity index (χ4n) is 2.72. The van der Waals surface area contributed by atoms with Crippen molar-refractivity contribution in [1.29, 1.82) is 0 Å². The number of hydrazine groups is 1. The number of ether oxygens (including phenoxy) is 2. The molecule has 0 radical (unpaired) electrons. The number of anilines is 2. The van der Waals surface area contributed by atoms with Crippen molar-refractivity contribution < 1.29 is 32.2 Å². The molecule has 10 heteroatoms. The zero-order chi connectivity index (χ0) is 23.8. The van der Waals surface area contributed by atoms with Gasteiger partial charge in [-0.05, 0) is 54.6 Å². The molecule has 3 N–H and O–H groups in total. The first-order valence-electron chi connectivity index (χ1n) is 9.65. The average Bonchev–Trinajstić information content (AvgIpc) is 2.81. The largest absolute Gasteiger partial charge is 0.497 e. The van der Waals surface area contributed by atoms with Crippen LogP contribution in [0.1, 0.15) is 15.9 Å². The molecule has 0 aliphatic carbocycles. The van der Waals surface area contributed by atoms with Crippen molar-refractivity contribution in [2.24, 2.45) is 0 Å². The lowest BCUT2D eigenvalue weighted by atomic mass is 10.2. The molecule has 3 rings (SSSR count). The Hall–Kier alpha value is -4.21. The van der Waals surface area contributed by atoms with Crippen LogP contribution < -0.4 is 25.6 Å². The van der Waals surface area contributed by atoms with Gasteiger partial charge in [-0.2, -0.15) is 13.2 Å². The monoisotopic (exact) mass is 459 g/mol. The minimum Gasteiger partial charge on any atom is -0.497 e. The van der Waals surface area contributed by atoms with Crippen LogP contribution in [0.3, 0.4) is 0 Å². The molecule has 2 amide bonds. The van der Waals surface area contributed by atoms with Crippen molar-refractivity contribution >= 4 is 23.2 Å². The molecule has 0 aliphatic heterocycles. The number of benzene rings is 3. The van der Waals surface area contributed by atoms with Gasteiger partial charge in [-0.1, -0.05) is 12.1 Å². The molecular formula is C23H20F3N3O4. The number of hydrogen-bond acceptors (Lipinski definition) is 5. The summed E-state index contributed by atoms with van der Waals surface area (Å²) in [4.78, 5) is 24.3. The molecule has 0 spiro atoms. The van der Waals surface area contributed by atoms with Gasteiger partial charge in [0, 0.05) is 17.3 Å². The molecule has 0 fully saturated rings. The normalized spacial score (nSPS) is 10.8. The van der Waals surface area contributed by atoms with Gasteiger partial charge in [0.1, 0.15) is 11.5 Å². The van der Waals surface area contributed by atoms with Crippen molar-refractivity contribution in [1.82, 2.24) is 5.43 Å². The van der Waals surface area contributed by atoms with Crippen LogP contribution in [0.15, 0.2) is 72.8 Å². The van der Waals surface area contributed by atoms with Gasteiger partial charge in [0.15, 0.2) is 6.61 Å². The average molecular weight is 459 g/mol. The molecule has 0 heterocycles. The summed E-state index contributed by atoms with van der Waals surface area (Å²) >= 11 is 0. The summed E-state index contributed by atoms with van der Waals surface area (Å²) in [6.45, 7) is -0.250. The molecule has 0 bridgehead atoms. The number of carbonyl (C=O) groups excluding carboxylic acids is 2. The van der Waals surface area contributed by atoms with Crippen molar-refractivity contribution in [3.63, 3.8) is 0 Å². The van der Waals surface area contributed by atoms with Crippen LogP contribution in [0, 0.1) is 0 Å². The van der Waals surface area contributed by atoms with E-state index >= 15 is 0 Å².